The van der Waals surface area contributed by atoms with Crippen LogP contribution in [0, 0.1) is 0 Å². The minimum absolute atomic E-state index is 0.0200. The van der Waals surface area contributed by atoms with Crippen molar-refractivity contribution in [3.63, 3.8) is 0 Å². The lowest BCUT2D eigenvalue weighted by Gasteiger charge is -2.23. The molecule has 4 rings (SSSR count). The van der Waals surface area contributed by atoms with E-state index in [-0.39, 0.29) is 17.2 Å². The van der Waals surface area contributed by atoms with Gasteiger partial charge < -0.3 is 20.1 Å². The second-order valence-corrected chi connectivity index (χ2v) is 11.4. The standard InChI is InChI=1S/C31H35ClN2O3S/c1-5-6-10-27(36-23-17-15-22(32)16-18-23)37-26-9-7-8-25-28(26)24(19-33-25)30(38)34-29(35)20-11-13-21(14-12-20)31(2,3)4/h7-9,11-18,24,27,33H,5-6,10,19H2,1-4H3,(H,34,35,38). The van der Waals surface area contributed by atoms with Crippen molar-refractivity contribution >= 4 is 40.4 Å². The van der Waals surface area contributed by atoms with Gasteiger partial charge in [0.2, 0.25) is 6.29 Å². The highest BCUT2D eigenvalue weighted by Crippen LogP contribution is 2.40. The number of hydrogen-bond donors (Lipinski definition) is 2. The van der Waals surface area contributed by atoms with Crippen LogP contribution in [0.2, 0.25) is 5.02 Å². The first-order chi connectivity index (χ1) is 18.2. The van der Waals surface area contributed by atoms with Crippen molar-refractivity contribution in [1.82, 2.24) is 5.32 Å². The summed E-state index contributed by atoms with van der Waals surface area (Å²) in [5.74, 6) is 0.960. The number of nitrogens with one attached hydrogen (secondary N) is 2. The molecule has 1 heterocycles. The van der Waals surface area contributed by atoms with Crippen molar-refractivity contribution in [1.29, 1.82) is 0 Å². The molecule has 0 fully saturated rings. The van der Waals surface area contributed by atoms with Gasteiger partial charge in [-0.15, -0.1) is 0 Å². The van der Waals surface area contributed by atoms with E-state index in [9.17, 15) is 4.79 Å². The maximum atomic E-state index is 13.0. The summed E-state index contributed by atoms with van der Waals surface area (Å²) >= 11 is 11.8. The highest BCUT2D eigenvalue weighted by atomic mass is 35.5. The molecular weight excluding hydrogens is 516 g/mol. The van der Waals surface area contributed by atoms with Crippen LogP contribution in [0.5, 0.6) is 11.5 Å². The number of carbonyl (C=O) groups is 1. The number of anilines is 1. The summed E-state index contributed by atoms with van der Waals surface area (Å²) < 4.78 is 12.6. The van der Waals surface area contributed by atoms with Gasteiger partial charge in [-0.05, 0) is 65.9 Å². The van der Waals surface area contributed by atoms with Gasteiger partial charge in [0.15, 0.2) is 0 Å². The third kappa shape index (κ3) is 6.86. The average molecular weight is 551 g/mol. The van der Waals surface area contributed by atoms with Gasteiger partial charge in [-0.25, -0.2) is 0 Å². The molecule has 3 aromatic rings. The minimum atomic E-state index is -0.478. The fourth-order valence-corrected chi connectivity index (χ4v) is 4.83. The van der Waals surface area contributed by atoms with Gasteiger partial charge >= 0.3 is 0 Å². The van der Waals surface area contributed by atoms with Crippen LogP contribution in [0.3, 0.4) is 0 Å². The zero-order chi connectivity index (χ0) is 27.3. The summed E-state index contributed by atoms with van der Waals surface area (Å²) in [6.07, 6.45) is 2.23. The maximum absolute atomic E-state index is 13.0. The van der Waals surface area contributed by atoms with E-state index in [1.165, 1.54) is 5.56 Å². The van der Waals surface area contributed by atoms with E-state index in [0.29, 0.717) is 33.6 Å². The number of ether oxygens (including phenoxy) is 2. The Balaban J connectivity index is 1.50. The summed E-state index contributed by atoms with van der Waals surface area (Å²) in [5, 5.41) is 7.01. The molecule has 3 aromatic carbocycles. The molecule has 0 saturated carbocycles. The van der Waals surface area contributed by atoms with Gasteiger partial charge in [-0.3, -0.25) is 4.79 Å². The number of thiocarbonyl (C=S) groups is 1. The van der Waals surface area contributed by atoms with E-state index < -0.39 is 6.29 Å². The summed E-state index contributed by atoms with van der Waals surface area (Å²) in [4.78, 5) is 13.5. The number of unbranched alkanes of at least 4 members (excludes halogenated alkanes) is 1. The van der Waals surface area contributed by atoms with Crippen molar-refractivity contribution in [2.75, 3.05) is 11.9 Å². The van der Waals surface area contributed by atoms with Crippen molar-refractivity contribution in [3.05, 3.63) is 88.4 Å². The quantitative estimate of drug-likeness (QED) is 0.209. The number of benzene rings is 3. The van der Waals surface area contributed by atoms with Crippen LogP contribution in [-0.4, -0.2) is 23.7 Å². The molecule has 0 aromatic heterocycles. The van der Waals surface area contributed by atoms with Crippen LogP contribution in [-0.2, 0) is 5.41 Å². The predicted octanol–water partition coefficient (Wildman–Crippen LogP) is 7.88. The molecule has 1 amide bonds. The van der Waals surface area contributed by atoms with Crippen molar-refractivity contribution in [3.8, 4) is 11.5 Å². The number of halogens is 1. The molecule has 1 aliphatic rings. The van der Waals surface area contributed by atoms with Crippen LogP contribution < -0.4 is 20.1 Å². The first-order valence-corrected chi connectivity index (χ1v) is 13.9. The van der Waals surface area contributed by atoms with E-state index in [4.69, 9.17) is 33.3 Å². The summed E-state index contributed by atoms with van der Waals surface area (Å²) in [6.45, 7) is 9.16. The van der Waals surface area contributed by atoms with Gasteiger partial charge in [-0.2, -0.15) is 0 Å². The lowest BCUT2D eigenvalue weighted by atomic mass is 9.86. The molecular formula is C31H35ClN2O3S. The Morgan fingerprint density at radius 2 is 1.79 bits per heavy atom. The zero-order valence-electron chi connectivity index (χ0n) is 22.3. The lowest BCUT2D eigenvalue weighted by Crippen LogP contribution is -2.34. The van der Waals surface area contributed by atoms with E-state index in [1.807, 2.05) is 54.6 Å². The Morgan fingerprint density at radius 3 is 2.45 bits per heavy atom. The van der Waals surface area contributed by atoms with Gasteiger partial charge in [-0.1, -0.05) is 76.1 Å². The number of amides is 1. The Labute approximate surface area is 235 Å². The Hall–Kier alpha value is -3.09. The van der Waals surface area contributed by atoms with Gasteiger partial charge in [0.25, 0.3) is 5.91 Å². The molecule has 0 aliphatic carbocycles. The van der Waals surface area contributed by atoms with Crippen LogP contribution >= 0.6 is 23.8 Å². The molecule has 7 heteroatoms. The lowest BCUT2D eigenvalue weighted by molar-refractivity contribution is -0.00272. The zero-order valence-corrected chi connectivity index (χ0v) is 23.9. The fourth-order valence-electron chi connectivity index (χ4n) is 4.41. The first kappa shape index (κ1) is 27.9. The van der Waals surface area contributed by atoms with Crippen LogP contribution in [0.15, 0.2) is 66.7 Å². The molecule has 2 N–H and O–H groups in total. The fraction of sp³-hybridized carbons (Fsp3) is 0.355. The Kier molecular flexibility index (Phi) is 8.95. The maximum Gasteiger partial charge on any atom is 0.256 e. The molecule has 2 atom stereocenters. The number of hydrogen-bond acceptors (Lipinski definition) is 5. The van der Waals surface area contributed by atoms with Gasteiger partial charge in [0, 0.05) is 34.8 Å². The van der Waals surface area contributed by atoms with E-state index >= 15 is 0 Å². The monoisotopic (exact) mass is 550 g/mol. The topological polar surface area (TPSA) is 59.6 Å². The SMILES string of the molecule is CCCCC(Oc1ccc(Cl)cc1)Oc1cccc2c1C(C(=S)NC(=O)c1ccc(C(C)(C)C)cc1)CN2. The minimum Gasteiger partial charge on any atom is -0.455 e. The summed E-state index contributed by atoms with van der Waals surface area (Å²) in [5.41, 5.74) is 3.64. The molecule has 2 unspecified atom stereocenters. The van der Waals surface area contributed by atoms with E-state index in [0.717, 1.165) is 30.5 Å². The third-order valence-electron chi connectivity index (χ3n) is 6.61. The molecule has 200 valence electrons. The number of rotatable bonds is 9. The number of carbonyl (C=O) groups excluding carboxylic acids is 1. The molecule has 5 nitrogen and oxygen atoms in total. The second kappa shape index (κ2) is 12.2. The second-order valence-electron chi connectivity index (χ2n) is 10.6. The third-order valence-corrected chi connectivity index (χ3v) is 7.25. The van der Waals surface area contributed by atoms with Crippen molar-refractivity contribution < 1.29 is 14.3 Å². The van der Waals surface area contributed by atoms with Crippen molar-refractivity contribution in [2.45, 2.75) is 64.6 Å². The highest BCUT2D eigenvalue weighted by molar-refractivity contribution is 7.80. The van der Waals surface area contributed by atoms with Crippen LogP contribution in [0.4, 0.5) is 5.69 Å². The Morgan fingerprint density at radius 1 is 1.08 bits per heavy atom. The first-order valence-electron chi connectivity index (χ1n) is 13.1. The van der Waals surface area contributed by atoms with E-state index in [1.54, 1.807) is 12.1 Å². The highest BCUT2D eigenvalue weighted by Gasteiger charge is 2.31. The molecule has 1 aliphatic heterocycles. The summed E-state index contributed by atoms with van der Waals surface area (Å²) in [7, 11) is 0. The van der Waals surface area contributed by atoms with Crippen LogP contribution in [0.1, 0.15) is 74.4 Å². The normalized spacial score (nSPS) is 15.2. The van der Waals surface area contributed by atoms with Crippen LogP contribution in [0.25, 0.3) is 0 Å². The van der Waals surface area contributed by atoms with Gasteiger partial charge in [0.05, 0.1) is 10.9 Å². The molecule has 0 bridgehead atoms. The van der Waals surface area contributed by atoms with E-state index in [2.05, 4.69) is 38.3 Å². The summed E-state index contributed by atoms with van der Waals surface area (Å²) in [6, 6.07) is 20.8. The van der Waals surface area contributed by atoms with Crippen molar-refractivity contribution in [2.24, 2.45) is 0 Å². The number of fused-ring (bicyclic) bond motifs is 1. The van der Waals surface area contributed by atoms with Gasteiger partial charge in [0.1, 0.15) is 11.5 Å². The largest absolute Gasteiger partial charge is 0.455 e. The molecule has 0 spiro atoms. The smallest absolute Gasteiger partial charge is 0.256 e. The molecule has 38 heavy (non-hydrogen) atoms. The Bertz CT molecular complexity index is 1270. The predicted molar refractivity (Wildman–Crippen MR) is 159 cm³/mol. The molecule has 0 radical (unpaired) electrons. The molecule has 0 saturated heterocycles. The average Bonchev–Trinajstić information content (AvgIpc) is 3.33.